The number of amides is 1. The lowest BCUT2D eigenvalue weighted by atomic mass is 10.1. The molecule has 1 aliphatic heterocycles. The third kappa shape index (κ3) is 3.57. The number of hydrogen-bond acceptors (Lipinski definition) is 3. The Labute approximate surface area is 175 Å². The van der Waals surface area contributed by atoms with Crippen molar-refractivity contribution in [1.82, 2.24) is 0 Å². The quantitative estimate of drug-likeness (QED) is 0.669. The summed E-state index contributed by atoms with van der Waals surface area (Å²) in [5, 5.41) is 2.52. The van der Waals surface area contributed by atoms with E-state index < -0.39 is 21.7 Å². The number of aryl methyl sites for hydroxylation is 1. The molecule has 30 heavy (non-hydrogen) atoms. The molecule has 1 heterocycles. The van der Waals surface area contributed by atoms with Crippen LogP contribution in [0.15, 0.2) is 71.6 Å². The number of fused-ring (bicyclic) bond motifs is 1. The van der Waals surface area contributed by atoms with Gasteiger partial charge in [-0.2, -0.15) is 0 Å². The smallest absolute Gasteiger partial charge is 0.264 e. The van der Waals surface area contributed by atoms with Gasteiger partial charge in [0.15, 0.2) is 0 Å². The van der Waals surface area contributed by atoms with E-state index >= 15 is 0 Å². The van der Waals surface area contributed by atoms with Crippen LogP contribution in [0.25, 0.3) is 0 Å². The molecule has 1 aliphatic rings. The summed E-state index contributed by atoms with van der Waals surface area (Å²) in [5.74, 6) is -1.13. The van der Waals surface area contributed by atoms with Gasteiger partial charge in [-0.3, -0.25) is 9.10 Å². The minimum absolute atomic E-state index is 0.0171. The Kier molecular flexibility index (Phi) is 5.07. The zero-order valence-electron chi connectivity index (χ0n) is 16.6. The van der Waals surface area contributed by atoms with E-state index in [1.165, 1.54) is 40.7 Å². The standard InChI is InChI=1S/C23H21FN2O3S/c1-15-10-11-20(24)21(12-15)25-23(27)18-7-5-8-19(14-18)30(28,29)26-16(2)13-17-6-3-4-9-22(17)26/h3-12,14,16H,13H2,1-2H3,(H,25,27)/t16-/m0/s1. The molecule has 1 atom stereocenters. The Morgan fingerprint density at radius 3 is 2.63 bits per heavy atom. The van der Waals surface area contributed by atoms with E-state index in [1.54, 1.807) is 25.1 Å². The van der Waals surface area contributed by atoms with Gasteiger partial charge in [-0.1, -0.05) is 30.3 Å². The highest BCUT2D eigenvalue weighted by atomic mass is 32.2. The van der Waals surface area contributed by atoms with Crippen molar-refractivity contribution in [3.8, 4) is 0 Å². The molecule has 1 amide bonds. The summed E-state index contributed by atoms with van der Waals surface area (Å²) in [6.45, 7) is 3.64. The molecule has 5 nitrogen and oxygen atoms in total. The number of halogens is 1. The van der Waals surface area contributed by atoms with Crippen LogP contribution in [0, 0.1) is 12.7 Å². The summed E-state index contributed by atoms with van der Waals surface area (Å²) in [6, 6.07) is 17.4. The van der Waals surface area contributed by atoms with Crippen LogP contribution in [-0.4, -0.2) is 20.4 Å². The van der Waals surface area contributed by atoms with E-state index in [0.29, 0.717) is 12.1 Å². The Morgan fingerprint density at radius 1 is 1.07 bits per heavy atom. The average molecular weight is 424 g/mol. The molecule has 0 spiro atoms. The molecule has 154 valence electrons. The van der Waals surface area contributed by atoms with Gasteiger partial charge in [0.25, 0.3) is 15.9 Å². The van der Waals surface area contributed by atoms with Crippen LogP contribution >= 0.6 is 0 Å². The molecule has 0 aliphatic carbocycles. The number of anilines is 2. The Bertz CT molecular complexity index is 1240. The van der Waals surface area contributed by atoms with Gasteiger partial charge >= 0.3 is 0 Å². The maximum absolute atomic E-state index is 14.0. The molecular formula is C23H21FN2O3S. The molecule has 7 heteroatoms. The van der Waals surface area contributed by atoms with Crippen molar-refractivity contribution in [2.24, 2.45) is 0 Å². The van der Waals surface area contributed by atoms with E-state index in [2.05, 4.69) is 5.32 Å². The molecule has 0 unspecified atom stereocenters. The zero-order valence-corrected chi connectivity index (χ0v) is 17.4. The Balaban J connectivity index is 1.66. The number of rotatable bonds is 4. The van der Waals surface area contributed by atoms with Crippen molar-refractivity contribution in [1.29, 1.82) is 0 Å². The summed E-state index contributed by atoms with van der Waals surface area (Å²) in [7, 11) is -3.87. The Morgan fingerprint density at radius 2 is 1.83 bits per heavy atom. The number of carbonyl (C=O) groups is 1. The first kappa shape index (κ1) is 20.1. The Hall–Kier alpha value is -3.19. The van der Waals surface area contributed by atoms with E-state index in [1.807, 2.05) is 19.1 Å². The molecule has 3 aromatic carbocycles. The topological polar surface area (TPSA) is 66.5 Å². The third-order valence-electron chi connectivity index (χ3n) is 5.17. The second-order valence-electron chi connectivity index (χ2n) is 7.45. The molecule has 0 aromatic heterocycles. The average Bonchev–Trinajstić information content (AvgIpc) is 3.07. The van der Waals surface area contributed by atoms with Crippen LogP contribution in [0.4, 0.5) is 15.8 Å². The summed E-state index contributed by atoms with van der Waals surface area (Å²) in [4.78, 5) is 12.7. The van der Waals surface area contributed by atoms with Gasteiger partial charge in [-0.25, -0.2) is 12.8 Å². The van der Waals surface area contributed by atoms with Crippen molar-refractivity contribution >= 4 is 27.3 Å². The van der Waals surface area contributed by atoms with Gasteiger partial charge in [-0.15, -0.1) is 0 Å². The SMILES string of the molecule is Cc1ccc(F)c(NC(=O)c2cccc(S(=O)(=O)N3c4ccccc4C[C@@H]3C)c2)c1. The highest BCUT2D eigenvalue weighted by molar-refractivity contribution is 7.92. The fraction of sp³-hybridized carbons (Fsp3) is 0.174. The van der Waals surface area contributed by atoms with Gasteiger partial charge in [-0.05, 0) is 67.8 Å². The summed E-state index contributed by atoms with van der Waals surface area (Å²) < 4.78 is 42.1. The van der Waals surface area contributed by atoms with Crippen LogP contribution in [-0.2, 0) is 16.4 Å². The number of nitrogens with one attached hydrogen (secondary N) is 1. The van der Waals surface area contributed by atoms with Crippen molar-refractivity contribution in [2.75, 3.05) is 9.62 Å². The predicted molar refractivity (Wildman–Crippen MR) is 115 cm³/mol. The van der Waals surface area contributed by atoms with Crippen molar-refractivity contribution in [3.05, 3.63) is 89.2 Å². The number of nitrogens with zero attached hydrogens (tertiary/aromatic N) is 1. The van der Waals surface area contributed by atoms with E-state index in [0.717, 1.165) is 11.1 Å². The third-order valence-corrected chi connectivity index (χ3v) is 7.09. The number of para-hydroxylation sites is 1. The lowest BCUT2D eigenvalue weighted by Crippen LogP contribution is -2.35. The van der Waals surface area contributed by atoms with Gasteiger partial charge < -0.3 is 5.32 Å². The molecular weight excluding hydrogens is 403 g/mol. The molecule has 0 radical (unpaired) electrons. The first-order chi connectivity index (χ1) is 14.3. The molecule has 4 rings (SSSR count). The van der Waals surface area contributed by atoms with Gasteiger partial charge in [0, 0.05) is 11.6 Å². The van der Waals surface area contributed by atoms with Crippen molar-refractivity contribution < 1.29 is 17.6 Å². The lowest BCUT2D eigenvalue weighted by Gasteiger charge is -2.24. The molecule has 1 N–H and O–H groups in total. The van der Waals surface area contributed by atoms with Gasteiger partial charge in [0.2, 0.25) is 0 Å². The minimum Gasteiger partial charge on any atom is -0.319 e. The molecule has 3 aromatic rings. The number of benzene rings is 3. The van der Waals surface area contributed by atoms with E-state index in [4.69, 9.17) is 0 Å². The van der Waals surface area contributed by atoms with Crippen LogP contribution in [0.1, 0.15) is 28.4 Å². The largest absolute Gasteiger partial charge is 0.319 e. The van der Waals surface area contributed by atoms with Crippen molar-refractivity contribution in [2.45, 2.75) is 31.2 Å². The number of carbonyl (C=O) groups excluding carboxylic acids is 1. The van der Waals surface area contributed by atoms with Crippen LogP contribution < -0.4 is 9.62 Å². The number of sulfonamides is 1. The highest BCUT2D eigenvalue weighted by Crippen LogP contribution is 2.36. The van der Waals surface area contributed by atoms with Crippen LogP contribution in [0.3, 0.4) is 0 Å². The normalized spacial score (nSPS) is 15.7. The summed E-state index contributed by atoms with van der Waals surface area (Å²) in [5.41, 5.74) is 2.61. The number of hydrogen-bond donors (Lipinski definition) is 1. The zero-order chi connectivity index (χ0) is 21.5. The fourth-order valence-corrected chi connectivity index (χ4v) is 5.48. The van der Waals surface area contributed by atoms with Gasteiger partial charge in [0.1, 0.15) is 5.82 Å². The second kappa shape index (κ2) is 7.57. The second-order valence-corrected chi connectivity index (χ2v) is 9.26. The predicted octanol–water partition coefficient (Wildman–Crippen LogP) is 4.53. The maximum Gasteiger partial charge on any atom is 0.264 e. The monoisotopic (exact) mass is 424 g/mol. The maximum atomic E-state index is 14.0. The lowest BCUT2D eigenvalue weighted by molar-refractivity contribution is 0.102. The summed E-state index contributed by atoms with van der Waals surface area (Å²) in [6.07, 6.45) is 0.627. The fourth-order valence-electron chi connectivity index (χ4n) is 3.74. The molecule has 0 bridgehead atoms. The summed E-state index contributed by atoms with van der Waals surface area (Å²) >= 11 is 0. The minimum atomic E-state index is -3.87. The first-order valence-electron chi connectivity index (χ1n) is 9.57. The van der Waals surface area contributed by atoms with Gasteiger partial charge in [0.05, 0.1) is 16.3 Å². The first-order valence-corrected chi connectivity index (χ1v) is 11.0. The highest BCUT2D eigenvalue weighted by Gasteiger charge is 2.36. The van der Waals surface area contributed by atoms with Crippen LogP contribution in [0.5, 0.6) is 0 Å². The molecule has 0 saturated heterocycles. The van der Waals surface area contributed by atoms with E-state index in [-0.39, 0.29) is 22.2 Å². The molecule has 0 saturated carbocycles. The molecule has 0 fully saturated rings. The van der Waals surface area contributed by atoms with Crippen molar-refractivity contribution in [3.63, 3.8) is 0 Å². The van der Waals surface area contributed by atoms with Crippen LogP contribution in [0.2, 0.25) is 0 Å². The van der Waals surface area contributed by atoms with E-state index in [9.17, 15) is 17.6 Å².